The summed E-state index contributed by atoms with van der Waals surface area (Å²) >= 11 is 0. The molecule has 2 aromatic rings. The molecule has 0 atom stereocenters. The molecule has 0 unspecified atom stereocenters. The largest absolute Gasteiger partial charge is 0.229 e. The average molecular weight is 487 g/mol. The van der Waals surface area contributed by atoms with Crippen LogP contribution < -0.4 is 0 Å². The predicted molar refractivity (Wildman–Crippen MR) is 129 cm³/mol. The van der Waals surface area contributed by atoms with Crippen molar-refractivity contribution in [2.24, 2.45) is 0 Å². The maximum absolute atomic E-state index is 12.2. The summed E-state index contributed by atoms with van der Waals surface area (Å²) in [5.74, 6) is 1.26. The summed E-state index contributed by atoms with van der Waals surface area (Å²) in [5, 5.41) is 0. The highest BCUT2D eigenvalue weighted by molar-refractivity contribution is 8.72. The van der Waals surface area contributed by atoms with Gasteiger partial charge in [0.25, 0.3) is 0 Å². The Morgan fingerprint density at radius 3 is 1.10 bits per heavy atom. The molecule has 0 N–H and O–H groups in total. The minimum atomic E-state index is -3.23. The normalized spacial score (nSPS) is 12.1. The van der Waals surface area contributed by atoms with Gasteiger partial charge in [-0.2, -0.15) is 0 Å². The van der Waals surface area contributed by atoms with E-state index < -0.39 is 17.7 Å². The molecule has 30 heavy (non-hydrogen) atoms. The molecule has 0 aliphatic heterocycles. The molecule has 0 radical (unpaired) electrons. The van der Waals surface area contributed by atoms with Crippen molar-refractivity contribution in [1.82, 2.24) is 0 Å². The average Bonchev–Trinajstić information content (AvgIpc) is 2.75. The first-order valence-corrected chi connectivity index (χ1v) is 16.3. The molecule has 0 aliphatic carbocycles. The topological polar surface area (TPSA) is 68.3 Å². The number of benzene rings is 2. The van der Waals surface area contributed by atoms with Gasteiger partial charge in [0, 0.05) is 11.5 Å². The Hall–Kier alpha value is -0.960. The zero-order chi connectivity index (χ0) is 21.7. The Labute approximate surface area is 188 Å². The highest BCUT2D eigenvalue weighted by Gasteiger charge is 2.14. The molecule has 0 amide bonds. The van der Waals surface area contributed by atoms with Crippen LogP contribution in [-0.4, -0.2) is 28.3 Å². The zero-order valence-electron chi connectivity index (χ0n) is 17.1. The molecular weight excluding hydrogens is 457 g/mol. The second-order valence-corrected chi connectivity index (χ2v) is 15.1. The first kappa shape index (κ1) is 25.3. The van der Waals surface area contributed by atoms with E-state index in [2.05, 4.69) is 0 Å². The van der Waals surface area contributed by atoms with Gasteiger partial charge in [0.2, 0.25) is 17.7 Å². The van der Waals surface area contributed by atoms with Crippen LogP contribution in [0.25, 0.3) is 0 Å². The Morgan fingerprint density at radius 2 is 0.767 bits per heavy atom. The van der Waals surface area contributed by atoms with Crippen LogP contribution in [0.4, 0.5) is 0 Å². The van der Waals surface area contributed by atoms with Crippen LogP contribution in [-0.2, 0) is 17.7 Å². The fourth-order valence-corrected chi connectivity index (χ4v) is 8.76. The van der Waals surface area contributed by atoms with Gasteiger partial charge in [0.15, 0.2) is 0 Å². The van der Waals surface area contributed by atoms with E-state index in [0.717, 1.165) is 73.0 Å². The standard InChI is InChI=1S/C22H30O4S4/c23-29(24,21-15-9-7-10-16-21)27-19-13-5-3-1-2-4-6-14-20-28-30(25,26)22-17-11-8-12-18-22/h7-12,15-18H,1-6,13-14,19-20H2. The van der Waals surface area contributed by atoms with Crippen LogP contribution in [0, 0.1) is 0 Å². The van der Waals surface area contributed by atoms with Gasteiger partial charge in [-0.25, -0.2) is 16.8 Å². The van der Waals surface area contributed by atoms with Crippen LogP contribution in [0.3, 0.4) is 0 Å². The third kappa shape index (κ3) is 9.45. The molecular formula is C22H30O4S4. The van der Waals surface area contributed by atoms with Crippen molar-refractivity contribution in [2.45, 2.75) is 61.2 Å². The van der Waals surface area contributed by atoms with Gasteiger partial charge in [-0.3, -0.25) is 0 Å². The number of rotatable bonds is 15. The highest BCUT2D eigenvalue weighted by atomic mass is 33.1. The van der Waals surface area contributed by atoms with Crippen LogP contribution in [0.5, 0.6) is 0 Å². The summed E-state index contributed by atoms with van der Waals surface area (Å²) in [5.41, 5.74) is 0. The lowest BCUT2D eigenvalue weighted by molar-refractivity contribution is 0.587. The Morgan fingerprint density at radius 1 is 0.467 bits per heavy atom. The SMILES string of the molecule is O=S(=O)(SCCCCCCCCCCSS(=O)(=O)c1ccccc1)c1ccccc1. The van der Waals surface area contributed by atoms with E-state index in [1.54, 1.807) is 48.5 Å². The zero-order valence-corrected chi connectivity index (χ0v) is 20.4. The van der Waals surface area contributed by atoms with Crippen molar-refractivity contribution >= 4 is 39.3 Å². The van der Waals surface area contributed by atoms with Crippen molar-refractivity contribution in [3.63, 3.8) is 0 Å². The smallest absolute Gasteiger partial charge is 0.212 e. The molecule has 0 bridgehead atoms. The lowest BCUT2D eigenvalue weighted by Crippen LogP contribution is -1.96. The summed E-state index contributed by atoms with van der Waals surface area (Å²) in [6.07, 6.45) is 8.42. The van der Waals surface area contributed by atoms with E-state index >= 15 is 0 Å². The van der Waals surface area contributed by atoms with Gasteiger partial charge in [-0.05, 0) is 58.7 Å². The maximum atomic E-state index is 12.2. The van der Waals surface area contributed by atoms with E-state index in [1.807, 2.05) is 12.1 Å². The van der Waals surface area contributed by atoms with Gasteiger partial charge in [0.05, 0.1) is 9.79 Å². The van der Waals surface area contributed by atoms with E-state index in [1.165, 1.54) is 0 Å². The predicted octanol–water partition coefficient (Wildman–Crippen LogP) is 6.35. The summed E-state index contributed by atoms with van der Waals surface area (Å²) < 4.78 is 48.6. The van der Waals surface area contributed by atoms with Crippen LogP contribution in [0.15, 0.2) is 70.5 Å². The van der Waals surface area contributed by atoms with Gasteiger partial charge in [-0.1, -0.05) is 74.9 Å². The quantitative estimate of drug-likeness (QED) is 0.216. The Bertz CT molecular complexity index is 848. The second-order valence-electron chi connectivity index (χ2n) is 7.01. The molecule has 8 heteroatoms. The third-order valence-electron chi connectivity index (χ3n) is 4.58. The highest BCUT2D eigenvalue weighted by Crippen LogP contribution is 2.25. The van der Waals surface area contributed by atoms with Crippen molar-refractivity contribution in [3.8, 4) is 0 Å². The summed E-state index contributed by atoms with van der Waals surface area (Å²) in [7, 11) is -4.39. The molecule has 0 spiro atoms. The molecule has 0 aliphatic rings. The van der Waals surface area contributed by atoms with Crippen molar-refractivity contribution < 1.29 is 16.8 Å². The maximum Gasteiger partial charge on any atom is 0.229 e. The number of unbranched alkanes of at least 4 members (excludes halogenated alkanes) is 7. The van der Waals surface area contributed by atoms with Gasteiger partial charge in [0.1, 0.15) is 0 Å². The van der Waals surface area contributed by atoms with Crippen molar-refractivity contribution in [1.29, 1.82) is 0 Å². The van der Waals surface area contributed by atoms with Crippen LogP contribution in [0.2, 0.25) is 0 Å². The number of hydrogen-bond acceptors (Lipinski definition) is 6. The first-order chi connectivity index (χ1) is 14.4. The van der Waals surface area contributed by atoms with Gasteiger partial charge >= 0.3 is 0 Å². The van der Waals surface area contributed by atoms with Crippen LogP contribution >= 0.6 is 21.6 Å². The van der Waals surface area contributed by atoms with E-state index in [4.69, 9.17) is 0 Å². The second kappa shape index (κ2) is 13.5. The molecule has 0 heterocycles. The fourth-order valence-electron chi connectivity index (χ4n) is 2.91. The van der Waals surface area contributed by atoms with E-state index in [0.29, 0.717) is 21.3 Å². The molecule has 4 nitrogen and oxygen atoms in total. The lowest BCUT2D eigenvalue weighted by atomic mass is 10.1. The fraction of sp³-hybridized carbons (Fsp3) is 0.455. The molecule has 2 aromatic carbocycles. The molecule has 2 rings (SSSR count). The molecule has 0 saturated heterocycles. The summed E-state index contributed by atoms with van der Waals surface area (Å²) in [6, 6.07) is 17.2. The Kier molecular flexibility index (Phi) is 11.3. The van der Waals surface area contributed by atoms with E-state index in [9.17, 15) is 16.8 Å². The molecule has 0 saturated carbocycles. The molecule has 166 valence electrons. The lowest BCUT2D eigenvalue weighted by Gasteiger charge is -2.05. The van der Waals surface area contributed by atoms with E-state index in [-0.39, 0.29) is 0 Å². The molecule has 0 fully saturated rings. The third-order valence-corrected chi connectivity index (χ3v) is 11.8. The van der Waals surface area contributed by atoms with Crippen LogP contribution in [0.1, 0.15) is 51.4 Å². The van der Waals surface area contributed by atoms with Crippen molar-refractivity contribution in [2.75, 3.05) is 11.5 Å². The van der Waals surface area contributed by atoms with Crippen molar-refractivity contribution in [3.05, 3.63) is 60.7 Å². The first-order valence-electron chi connectivity index (χ1n) is 10.3. The number of hydrogen-bond donors (Lipinski definition) is 0. The minimum absolute atomic E-state index is 0.379. The Balaban J connectivity index is 1.44. The summed E-state index contributed by atoms with van der Waals surface area (Å²) in [6.45, 7) is 0. The monoisotopic (exact) mass is 486 g/mol. The summed E-state index contributed by atoms with van der Waals surface area (Å²) in [4.78, 5) is 0.759. The molecule has 0 aromatic heterocycles. The minimum Gasteiger partial charge on any atom is -0.212 e. The van der Waals surface area contributed by atoms with Gasteiger partial charge in [-0.15, -0.1) is 0 Å². The van der Waals surface area contributed by atoms with Gasteiger partial charge < -0.3 is 0 Å².